The van der Waals surface area contributed by atoms with E-state index in [1.807, 2.05) is 5.38 Å². The predicted molar refractivity (Wildman–Crippen MR) is 64.9 cm³/mol. The van der Waals surface area contributed by atoms with Crippen molar-refractivity contribution in [3.05, 3.63) is 50.5 Å². The molecule has 0 bridgehead atoms. The van der Waals surface area contributed by atoms with Crippen LogP contribution in [-0.4, -0.2) is 16.2 Å². The van der Waals surface area contributed by atoms with E-state index in [1.54, 1.807) is 5.51 Å². The molecule has 1 aromatic carbocycles. The highest BCUT2D eigenvalue weighted by Crippen LogP contribution is 2.23. The van der Waals surface area contributed by atoms with Crippen molar-refractivity contribution in [2.24, 2.45) is 0 Å². The number of hydrogen-bond donors (Lipinski definition) is 0. The van der Waals surface area contributed by atoms with Crippen LogP contribution in [0.15, 0.2) is 29.1 Å². The number of rotatable bonds is 5. The second kappa shape index (κ2) is 5.37. The number of nitrogens with zero attached hydrogens (tertiary/aromatic N) is 2. The van der Waals surface area contributed by atoms with Crippen LogP contribution >= 0.6 is 11.3 Å². The molecule has 0 saturated carbocycles. The summed E-state index contributed by atoms with van der Waals surface area (Å²) in [5, 5.41) is 12.4. The minimum absolute atomic E-state index is 0.141. The van der Waals surface area contributed by atoms with E-state index in [-0.39, 0.29) is 17.9 Å². The van der Waals surface area contributed by atoms with E-state index in [0.717, 1.165) is 5.69 Å². The van der Waals surface area contributed by atoms with Crippen molar-refractivity contribution in [3.8, 4) is 5.75 Å². The molecule has 2 aromatic rings. The third-order valence-electron chi connectivity index (χ3n) is 2.19. The van der Waals surface area contributed by atoms with Gasteiger partial charge in [-0.2, -0.15) is 0 Å². The molecule has 2 rings (SSSR count). The largest absolute Gasteiger partial charge is 0.487 e. The number of ether oxygens (including phenoxy) is 1. The second-order valence-corrected chi connectivity index (χ2v) is 4.08. The number of benzene rings is 1. The number of non-ortho nitro benzene ring substituents is 1. The normalized spacial score (nSPS) is 10.0. The Balaban J connectivity index is 2.17. The van der Waals surface area contributed by atoms with Crippen LogP contribution in [0.4, 0.5) is 5.69 Å². The van der Waals surface area contributed by atoms with Gasteiger partial charge in [-0.3, -0.25) is 14.9 Å². The quantitative estimate of drug-likeness (QED) is 0.470. The Kier molecular flexibility index (Phi) is 3.63. The van der Waals surface area contributed by atoms with E-state index in [2.05, 4.69) is 4.98 Å². The summed E-state index contributed by atoms with van der Waals surface area (Å²) < 4.78 is 5.40. The summed E-state index contributed by atoms with van der Waals surface area (Å²) in [4.78, 5) is 24.9. The molecule has 18 heavy (non-hydrogen) atoms. The average Bonchev–Trinajstić information content (AvgIpc) is 2.89. The highest BCUT2D eigenvalue weighted by molar-refractivity contribution is 7.07. The lowest BCUT2D eigenvalue weighted by Gasteiger charge is -2.06. The number of carbonyl (C=O) groups excluding carboxylic acids is 1. The van der Waals surface area contributed by atoms with Crippen LogP contribution in [0.3, 0.4) is 0 Å². The van der Waals surface area contributed by atoms with Gasteiger partial charge in [0.25, 0.3) is 5.69 Å². The molecule has 0 amide bonds. The molecule has 0 saturated heterocycles. The zero-order valence-corrected chi connectivity index (χ0v) is 9.92. The zero-order valence-electron chi connectivity index (χ0n) is 9.11. The molecular formula is C11H8N2O4S. The molecule has 1 aromatic heterocycles. The maximum Gasteiger partial charge on any atom is 0.270 e. The van der Waals surface area contributed by atoms with Gasteiger partial charge in [0, 0.05) is 17.5 Å². The lowest BCUT2D eigenvalue weighted by Crippen LogP contribution is -1.99. The van der Waals surface area contributed by atoms with Gasteiger partial charge in [0.2, 0.25) is 0 Å². The Morgan fingerprint density at radius 2 is 2.33 bits per heavy atom. The standard InChI is InChI=1S/C11H8N2O4S/c14-4-8-3-10(13(15)16)1-2-11(8)17-5-9-6-18-7-12-9/h1-4,6-7H,5H2. The van der Waals surface area contributed by atoms with Crippen molar-refractivity contribution in [2.75, 3.05) is 0 Å². The molecule has 1 heterocycles. The van der Waals surface area contributed by atoms with Crippen LogP contribution in [0.2, 0.25) is 0 Å². The Bertz CT molecular complexity index is 568. The lowest BCUT2D eigenvalue weighted by molar-refractivity contribution is -0.384. The van der Waals surface area contributed by atoms with Gasteiger partial charge < -0.3 is 4.74 Å². The summed E-state index contributed by atoms with van der Waals surface area (Å²) in [5.41, 5.74) is 2.43. The molecule has 7 heteroatoms. The highest BCUT2D eigenvalue weighted by Gasteiger charge is 2.11. The maximum atomic E-state index is 10.8. The fourth-order valence-electron chi connectivity index (χ4n) is 1.33. The van der Waals surface area contributed by atoms with Crippen LogP contribution < -0.4 is 4.74 Å². The van der Waals surface area contributed by atoms with Gasteiger partial charge in [0.05, 0.1) is 21.7 Å². The van der Waals surface area contributed by atoms with Gasteiger partial charge in [0.15, 0.2) is 6.29 Å². The smallest absolute Gasteiger partial charge is 0.270 e. The van der Waals surface area contributed by atoms with Gasteiger partial charge in [-0.05, 0) is 6.07 Å². The Morgan fingerprint density at radius 3 is 2.94 bits per heavy atom. The Hall–Kier alpha value is -2.28. The van der Waals surface area contributed by atoms with E-state index in [4.69, 9.17) is 4.74 Å². The molecule has 0 aliphatic heterocycles. The first kappa shape index (κ1) is 12.2. The number of thiazole rings is 1. The Morgan fingerprint density at radius 1 is 1.50 bits per heavy atom. The van der Waals surface area contributed by atoms with Gasteiger partial charge >= 0.3 is 0 Å². The number of nitro benzene ring substituents is 1. The molecule has 0 N–H and O–H groups in total. The third-order valence-corrected chi connectivity index (χ3v) is 2.83. The molecule has 92 valence electrons. The summed E-state index contributed by atoms with van der Waals surface area (Å²) >= 11 is 1.44. The summed E-state index contributed by atoms with van der Waals surface area (Å²) in [5.74, 6) is 0.309. The van der Waals surface area contributed by atoms with Crippen molar-refractivity contribution in [1.82, 2.24) is 4.98 Å². The first-order chi connectivity index (χ1) is 8.70. The zero-order chi connectivity index (χ0) is 13.0. The minimum Gasteiger partial charge on any atom is -0.487 e. The molecule has 0 fully saturated rings. The fourth-order valence-corrected chi connectivity index (χ4v) is 1.88. The van der Waals surface area contributed by atoms with Crippen molar-refractivity contribution in [1.29, 1.82) is 0 Å². The van der Waals surface area contributed by atoms with E-state index in [0.29, 0.717) is 12.0 Å². The first-order valence-corrected chi connectivity index (χ1v) is 5.88. The molecule has 0 unspecified atom stereocenters. The molecule has 0 radical (unpaired) electrons. The minimum atomic E-state index is -0.558. The molecule has 0 aliphatic rings. The third kappa shape index (κ3) is 2.69. The van der Waals surface area contributed by atoms with Gasteiger partial charge in [-0.15, -0.1) is 11.3 Å². The molecule has 0 aliphatic carbocycles. The topological polar surface area (TPSA) is 82.3 Å². The van der Waals surface area contributed by atoms with Crippen molar-refractivity contribution < 1.29 is 14.5 Å². The van der Waals surface area contributed by atoms with Crippen LogP contribution in [-0.2, 0) is 6.61 Å². The van der Waals surface area contributed by atoms with Crippen LogP contribution in [0, 0.1) is 10.1 Å². The fraction of sp³-hybridized carbons (Fsp3) is 0.0909. The van der Waals surface area contributed by atoms with E-state index in [9.17, 15) is 14.9 Å². The average molecular weight is 264 g/mol. The van der Waals surface area contributed by atoms with Gasteiger partial charge in [-0.1, -0.05) is 0 Å². The van der Waals surface area contributed by atoms with Crippen molar-refractivity contribution in [2.45, 2.75) is 6.61 Å². The predicted octanol–water partition coefficient (Wildman–Crippen LogP) is 2.44. The van der Waals surface area contributed by atoms with Gasteiger partial charge in [-0.25, -0.2) is 4.98 Å². The van der Waals surface area contributed by atoms with E-state index >= 15 is 0 Å². The molecule has 6 nitrogen and oxygen atoms in total. The summed E-state index contributed by atoms with van der Waals surface area (Å²) in [6.07, 6.45) is 0.531. The van der Waals surface area contributed by atoms with Crippen LogP contribution in [0.25, 0.3) is 0 Å². The Labute approximate surface area is 106 Å². The summed E-state index contributed by atoms with van der Waals surface area (Å²) in [7, 11) is 0. The van der Waals surface area contributed by atoms with Crippen molar-refractivity contribution in [3.63, 3.8) is 0 Å². The summed E-state index contributed by atoms with van der Waals surface area (Å²) in [6.45, 7) is 0.224. The van der Waals surface area contributed by atoms with Crippen LogP contribution in [0.5, 0.6) is 5.75 Å². The molecule has 0 spiro atoms. The maximum absolute atomic E-state index is 10.8. The first-order valence-electron chi connectivity index (χ1n) is 4.94. The second-order valence-electron chi connectivity index (χ2n) is 3.37. The molecular weight excluding hydrogens is 256 g/mol. The number of carbonyl (C=O) groups is 1. The highest BCUT2D eigenvalue weighted by atomic mass is 32.1. The van der Waals surface area contributed by atoms with Crippen molar-refractivity contribution >= 4 is 23.3 Å². The van der Waals surface area contributed by atoms with E-state index in [1.165, 1.54) is 29.5 Å². The molecule has 0 atom stereocenters. The van der Waals surface area contributed by atoms with Crippen LogP contribution in [0.1, 0.15) is 16.1 Å². The van der Waals surface area contributed by atoms with Gasteiger partial charge in [0.1, 0.15) is 12.4 Å². The SMILES string of the molecule is O=Cc1cc([N+](=O)[O-])ccc1OCc1cscn1. The van der Waals surface area contributed by atoms with E-state index < -0.39 is 4.92 Å². The monoisotopic (exact) mass is 264 g/mol. The number of nitro groups is 1. The number of aromatic nitrogens is 1. The summed E-state index contributed by atoms with van der Waals surface area (Å²) in [6, 6.07) is 3.89. The number of hydrogen-bond acceptors (Lipinski definition) is 6. The number of aldehydes is 1. The lowest BCUT2D eigenvalue weighted by atomic mass is 10.2.